The Kier molecular flexibility index (Phi) is 20.9. The number of halogens is 2. The second-order valence-corrected chi connectivity index (χ2v) is 5.66. The largest absolute Gasteiger partial charge is 0.293 e. The van der Waals surface area contributed by atoms with E-state index in [2.05, 4.69) is 79.4 Å². The molecular weight excluding hydrogens is 558 g/mol. The van der Waals surface area contributed by atoms with Gasteiger partial charge >= 0.3 is 0 Å². The van der Waals surface area contributed by atoms with E-state index in [1.165, 1.54) is 43.2 Å². The van der Waals surface area contributed by atoms with Crippen molar-refractivity contribution in [3.63, 3.8) is 0 Å². The molecule has 0 amide bonds. The summed E-state index contributed by atoms with van der Waals surface area (Å²) in [6, 6.07) is 20.6. The number of hydrogen-bond donors (Lipinski definition) is 0. The monoisotopic (exact) mass is 590 g/mol. The Labute approximate surface area is 193 Å². The van der Waals surface area contributed by atoms with E-state index < -0.39 is 0 Å². The van der Waals surface area contributed by atoms with Crippen LogP contribution in [-0.2, 0) is 0 Å². The summed E-state index contributed by atoms with van der Waals surface area (Å²) in [7, 11) is 0. The summed E-state index contributed by atoms with van der Waals surface area (Å²) < 4.78 is 0. The van der Waals surface area contributed by atoms with Crippen molar-refractivity contribution in [2.24, 2.45) is 9.98 Å². The van der Waals surface area contributed by atoms with E-state index >= 15 is 0 Å². The van der Waals surface area contributed by atoms with Crippen LogP contribution in [0.3, 0.4) is 0 Å². The lowest BCUT2D eigenvalue weighted by Crippen LogP contribution is -1.88. The number of aliphatic imine (C=N–C) groups is 2. The maximum atomic E-state index is 4.47. The molecule has 0 aliphatic carbocycles. The Balaban J connectivity index is 0.00000158. The maximum absolute atomic E-state index is 4.47. The number of alkyl halides is 2. The fourth-order valence-electron chi connectivity index (χ4n) is 2.35. The van der Waals surface area contributed by atoms with Gasteiger partial charge in [0.05, 0.1) is 0 Å². The Bertz CT molecular complexity index is 530. The summed E-state index contributed by atoms with van der Waals surface area (Å²) in [4.78, 5) is 12.9. The smallest absolute Gasteiger partial charge is 0.0389 e. The molecule has 0 saturated heterocycles. The molecule has 0 radical (unpaired) electrons. The molecule has 27 heavy (non-hydrogen) atoms. The van der Waals surface area contributed by atoms with E-state index in [-0.39, 0.29) is 0 Å². The van der Waals surface area contributed by atoms with E-state index in [9.17, 15) is 0 Å². The minimum atomic E-state index is 0.932. The lowest BCUT2D eigenvalue weighted by molar-refractivity contribution is 0.625. The molecule has 2 aromatic carbocycles. The minimum Gasteiger partial charge on any atom is -0.293 e. The van der Waals surface area contributed by atoms with Gasteiger partial charge < -0.3 is 0 Å². The van der Waals surface area contributed by atoms with E-state index in [0.717, 1.165) is 13.1 Å². The zero-order chi connectivity index (χ0) is 20.0. The fraction of sp³-hybridized carbons (Fsp3) is 0.391. The van der Waals surface area contributed by atoms with Gasteiger partial charge in [0.15, 0.2) is 0 Å². The Hall–Kier alpha value is -0.760. The average Bonchev–Trinajstić information content (AvgIpc) is 2.76. The van der Waals surface area contributed by atoms with Crippen LogP contribution in [0.15, 0.2) is 70.6 Å². The summed E-state index contributed by atoms with van der Waals surface area (Å²) in [6.07, 6.45) is 10.1. The number of hydrogen-bond acceptors (Lipinski definition) is 2. The molecule has 0 bridgehead atoms. The van der Waals surface area contributed by atoms with Gasteiger partial charge in [-0.1, -0.05) is 125 Å². The SMILES string of the molecule is C(=N/CCCCCCC/N=C/c1ccccc1)/c1ccccc1.CI.CI. The lowest BCUT2D eigenvalue weighted by atomic mass is 10.1. The lowest BCUT2D eigenvalue weighted by Gasteiger charge is -1.98. The van der Waals surface area contributed by atoms with Crippen LogP contribution in [0.1, 0.15) is 43.2 Å². The molecule has 0 saturated carbocycles. The van der Waals surface area contributed by atoms with Crippen LogP contribution in [0.25, 0.3) is 0 Å². The second-order valence-electron chi connectivity index (χ2n) is 5.66. The third kappa shape index (κ3) is 15.9. The van der Waals surface area contributed by atoms with Crippen LogP contribution in [0.5, 0.6) is 0 Å². The van der Waals surface area contributed by atoms with Crippen molar-refractivity contribution in [3.8, 4) is 0 Å². The predicted molar refractivity (Wildman–Crippen MR) is 141 cm³/mol. The summed E-state index contributed by atoms with van der Waals surface area (Å²) >= 11 is 4.30. The molecule has 0 aliphatic heterocycles. The number of rotatable bonds is 10. The van der Waals surface area contributed by atoms with E-state index in [1.54, 1.807) is 0 Å². The third-order valence-electron chi connectivity index (χ3n) is 3.65. The Morgan fingerprint density at radius 1 is 0.556 bits per heavy atom. The molecule has 0 aromatic heterocycles. The second kappa shape index (κ2) is 21.5. The van der Waals surface area contributed by atoms with Gasteiger partial charge in [0.1, 0.15) is 0 Å². The first-order valence-electron chi connectivity index (χ1n) is 9.30. The quantitative estimate of drug-likeness (QED) is 0.120. The molecule has 0 N–H and O–H groups in total. The first kappa shape index (κ1) is 26.2. The molecule has 0 aliphatic rings. The van der Waals surface area contributed by atoms with Gasteiger partial charge in [-0.25, -0.2) is 0 Å². The topological polar surface area (TPSA) is 24.7 Å². The molecule has 0 heterocycles. The number of unbranched alkanes of at least 4 members (excludes halogenated alkanes) is 4. The zero-order valence-electron chi connectivity index (χ0n) is 16.5. The summed E-state index contributed by atoms with van der Waals surface area (Å²) in [5.74, 6) is 0. The van der Waals surface area contributed by atoms with Gasteiger partial charge in [0.2, 0.25) is 0 Å². The highest BCUT2D eigenvalue weighted by molar-refractivity contribution is 14.1. The Morgan fingerprint density at radius 2 is 0.889 bits per heavy atom. The summed E-state index contributed by atoms with van der Waals surface area (Å²) in [5, 5.41) is 0. The van der Waals surface area contributed by atoms with E-state index in [0.29, 0.717) is 0 Å². The standard InChI is InChI=1S/C21H26N2.2CH3I/c1(2-10-16-22-18-20-12-6-4-7-13-20)3-11-17-23-19-21-14-8-5-9-15-21;2*1-2/h4-9,12-15,18-19H,1-3,10-11,16-17H2;2*1H3/b22-18-,23-19+;;. The first-order chi connectivity index (χ1) is 13.4. The van der Waals surface area contributed by atoms with Crippen molar-refractivity contribution >= 4 is 57.6 Å². The van der Waals surface area contributed by atoms with Crippen LogP contribution in [0.2, 0.25) is 0 Å². The summed E-state index contributed by atoms with van der Waals surface area (Å²) in [5.41, 5.74) is 2.37. The fourth-order valence-corrected chi connectivity index (χ4v) is 2.35. The van der Waals surface area contributed by atoms with Crippen molar-refractivity contribution in [1.29, 1.82) is 0 Å². The van der Waals surface area contributed by atoms with Gasteiger partial charge in [-0.05, 0) is 33.8 Å². The van der Waals surface area contributed by atoms with E-state index in [4.69, 9.17) is 0 Å². The van der Waals surface area contributed by atoms with Crippen LogP contribution in [-0.4, -0.2) is 35.4 Å². The molecule has 2 nitrogen and oxygen atoms in total. The molecule has 0 fully saturated rings. The van der Waals surface area contributed by atoms with E-state index in [1.807, 2.05) is 58.7 Å². The van der Waals surface area contributed by atoms with Gasteiger partial charge in [0.25, 0.3) is 0 Å². The highest BCUT2D eigenvalue weighted by atomic mass is 127. The molecule has 2 rings (SSSR count). The number of benzene rings is 2. The molecule has 148 valence electrons. The van der Waals surface area contributed by atoms with Gasteiger partial charge in [-0.2, -0.15) is 0 Å². The van der Waals surface area contributed by atoms with Crippen LogP contribution < -0.4 is 0 Å². The highest BCUT2D eigenvalue weighted by Gasteiger charge is 1.90. The Morgan fingerprint density at radius 3 is 1.26 bits per heavy atom. The molecular formula is C23H32I2N2. The first-order valence-corrected chi connectivity index (χ1v) is 13.6. The van der Waals surface area contributed by atoms with Crippen molar-refractivity contribution < 1.29 is 0 Å². The molecule has 2 aromatic rings. The van der Waals surface area contributed by atoms with Gasteiger partial charge in [-0.15, -0.1) is 0 Å². The zero-order valence-corrected chi connectivity index (χ0v) is 20.8. The van der Waals surface area contributed by atoms with Crippen molar-refractivity contribution in [3.05, 3.63) is 71.8 Å². The normalized spacial score (nSPS) is 10.2. The van der Waals surface area contributed by atoms with Crippen LogP contribution >= 0.6 is 45.2 Å². The van der Waals surface area contributed by atoms with Crippen LogP contribution in [0.4, 0.5) is 0 Å². The average molecular weight is 590 g/mol. The molecule has 0 unspecified atom stereocenters. The van der Waals surface area contributed by atoms with Crippen molar-refractivity contribution in [2.75, 3.05) is 23.0 Å². The van der Waals surface area contributed by atoms with Gasteiger partial charge in [0, 0.05) is 25.5 Å². The molecule has 4 heteroatoms. The molecule has 0 spiro atoms. The van der Waals surface area contributed by atoms with Gasteiger partial charge in [-0.3, -0.25) is 9.98 Å². The van der Waals surface area contributed by atoms with Crippen molar-refractivity contribution in [1.82, 2.24) is 0 Å². The predicted octanol–water partition coefficient (Wildman–Crippen LogP) is 7.28. The van der Waals surface area contributed by atoms with Crippen molar-refractivity contribution in [2.45, 2.75) is 32.1 Å². The highest BCUT2D eigenvalue weighted by Crippen LogP contribution is 2.04. The minimum absolute atomic E-state index is 0.932. The molecule has 0 atom stereocenters. The third-order valence-corrected chi connectivity index (χ3v) is 3.65. The maximum Gasteiger partial charge on any atom is 0.0389 e. The van der Waals surface area contributed by atoms with Crippen LogP contribution in [0, 0.1) is 0 Å². The summed E-state index contributed by atoms with van der Waals surface area (Å²) in [6.45, 7) is 1.86. The number of nitrogens with zero attached hydrogens (tertiary/aromatic N) is 2.